The van der Waals surface area contributed by atoms with Crippen molar-refractivity contribution in [2.75, 3.05) is 36.5 Å². The van der Waals surface area contributed by atoms with Gasteiger partial charge in [0.25, 0.3) is 5.91 Å². The smallest absolute Gasteiger partial charge is 0.378 e. The molecule has 2 heterocycles. The summed E-state index contributed by atoms with van der Waals surface area (Å²) in [7, 11) is 0. The number of nitrogens with zero attached hydrogens (tertiary/aromatic N) is 3. The summed E-state index contributed by atoms with van der Waals surface area (Å²) >= 11 is 5.81. The van der Waals surface area contributed by atoms with Gasteiger partial charge in [0.15, 0.2) is 5.69 Å². The Bertz CT molecular complexity index is 1060. The molecule has 0 atom stereocenters. The molecule has 1 fully saturated rings. The van der Waals surface area contributed by atoms with Gasteiger partial charge in [0.1, 0.15) is 0 Å². The second-order valence-electron chi connectivity index (χ2n) is 6.89. The SMILES string of the molecule is O=C(Nc1ccc(N2CCOCC2)cc1)c1cnn(-c2ccc(Cl)cc2)c1C(F)(F)F. The van der Waals surface area contributed by atoms with Crippen molar-refractivity contribution in [3.8, 4) is 5.69 Å². The first-order valence-corrected chi connectivity index (χ1v) is 9.86. The van der Waals surface area contributed by atoms with Gasteiger partial charge in [-0.2, -0.15) is 18.3 Å². The van der Waals surface area contributed by atoms with Gasteiger partial charge in [-0.05, 0) is 48.5 Å². The average molecular weight is 451 g/mol. The normalized spacial score (nSPS) is 14.5. The maximum Gasteiger partial charge on any atom is 0.434 e. The molecule has 1 aliphatic rings. The monoisotopic (exact) mass is 450 g/mol. The number of rotatable bonds is 4. The number of aromatic nitrogens is 2. The molecule has 1 amide bonds. The zero-order chi connectivity index (χ0) is 22.0. The Morgan fingerprint density at radius 1 is 1.00 bits per heavy atom. The van der Waals surface area contributed by atoms with Gasteiger partial charge in [0, 0.05) is 29.5 Å². The van der Waals surface area contributed by atoms with Crippen LogP contribution in [0.15, 0.2) is 54.7 Å². The Morgan fingerprint density at radius 2 is 1.61 bits per heavy atom. The Hall–Kier alpha value is -3.04. The molecule has 4 rings (SSSR count). The van der Waals surface area contributed by atoms with Gasteiger partial charge in [0.2, 0.25) is 0 Å². The van der Waals surface area contributed by atoms with E-state index in [2.05, 4.69) is 15.3 Å². The molecule has 1 aliphatic heterocycles. The molecule has 0 unspecified atom stereocenters. The van der Waals surface area contributed by atoms with Gasteiger partial charge in [-0.1, -0.05) is 11.6 Å². The van der Waals surface area contributed by atoms with Crippen LogP contribution in [0, 0.1) is 0 Å². The molecule has 1 aromatic heterocycles. The minimum atomic E-state index is -4.79. The number of benzene rings is 2. The first kappa shape index (κ1) is 21.2. The van der Waals surface area contributed by atoms with Crippen molar-refractivity contribution in [1.29, 1.82) is 0 Å². The number of anilines is 2. The second kappa shape index (κ2) is 8.60. The fourth-order valence-corrected chi connectivity index (χ4v) is 3.47. The number of nitrogens with one attached hydrogen (secondary N) is 1. The van der Waals surface area contributed by atoms with Crippen LogP contribution in [0.5, 0.6) is 0 Å². The van der Waals surface area contributed by atoms with E-state index >= 15 is 0 Å². The summed E-state index contributed by atoms with van der Waals surface area (Å²) in [6.45, 7) is 2.78. The summed E-state index contributed by atoms with van der Waals surface area (Å²) in [6, 6.07) is 12.6. The maximum absolute atomic E-state index is 13.8. The van der Waals surface area contributed by atoms with Crippen molar-refractivity contribution in [3.05, 3.63) is 71.0 Å². The van der Waals surface area contributed by atoms with Gasteiger partial charge in [-0.25, -0.2) is 4.68 Å². The molecular formula is C21H18ClF3N4O2. The quantitative estimate of drug-likeness (QED) is 0.629. The lowest BCUT2D eigenvalue weighted by Gasteiger charge is -2.28. The number of hydrogen-bond donors (Lipinski definition) is 1. The summed E-state index contributed by atoms with van der Waals surface area (Å²) in [5, 5.41) is 6.69. The lowest BCUT2D eigenvalue weighted by Crippen LogP contribution is -2.36. The third-order valence-corrected chi connectivity index (χ3v) is 5.11. The molecule has 0 aliphatic carbocycles. The number of alkyl halides is 3. The number of morpholine rings is 1. The minimum absolute atomic E-state index is 0.144. The summed E-state index contributed by atoms with van der Waals surface area (Å²) in [5.74, 6) is -0.897. The van der Waals surface area contributed by atoms with Gasteiger partial charge in [-0.15, -0.1) is 0 Å². The zero-order valence-electron chi connectivity index (χ0n) is 16.2. The van der Waals surface area contributed by atoms with E-state index in [0.717, 1.165) is 25.0 Å². The molecule has 0 saturated carbocycles. The third-order valence-electron chi connectivity index (χ3n) is 4.85. The van der Waals surface area contributed by atoms with Crippen LogP contribution in [-0.2, 0) is 10.9 Å². The number of hydrogen-bond acceptors (Lipinski definition) is 4. The van der Waals surface area contributed by atoms with Crippen LogP contribution in [0.25, 0.3) is 5.69 Å². The number of ether oxygens (including phenoxy) is 1. The predicted molar refractivity (Wildman–Crippen MR) is 111 cm³/mol. The number of carbonyl (C=O) groups excluding carboxylic acids is 1. The van der Waals surface area contributed by atoms with Crippen LogP contribution in [-0.4, -0.2) is 42.0 Å². The summed E-state index contributed by atoms with van der Waals surface area (Å²) in [6.07, 6.45) is -3.88. The molecule has 31 heavy (non-hydrogen) atoms. The van der Waals surface area contributed by atoms with E-state index < -0.39 is 23.3 Å². The first-order chi connectivity index (χ1) is 14.8. The summed E-state index contributed by atoms with van der Waals surface area (Å²) in [4.78, 5) is 14.8. The Labute approximate surface area is 181 Å². The number of carbonyl (C=O) groups is 1. The highest BCUT2D eigenvalue weighted by atomic mass is 35.5. The molecule has 6 nitrogen and oxygen atoms in total. The average Bonchev–Trinajstić information content (AvgIpc) is 3.21. The van der Waals surface area contributed by atoms with Crippen molar-refractivity contribution in [3.63, 3.8) is 0 Å². The molecule has 1 saturated heterocycles. The van der Waals surface area contributed by atoms with Gasteiger partial charge < -0.3 is 15.0 Å². The van der Waals surface area contributed by atoms with Crippen LogP contribution in [0.1, 0.15) is 16.1 Å². The third kappa shape index (κ3) is 4.67. The summed E-state index contributed by atoms with van der Waals surface area (Å²) < 4.78 is 47.4. The molecule has 10 heteroatoms. The van der Waals surface area contributed by atoms with Crippen molar-refractivity contribution in [2.45, 2.75) is 6.18 Å². The van der Waals surface area contributed by atoms with Crippen molar-refractivity contribution >= 4 is 28.9 Å². The minimum Gasteiger partial charge on any atom is -0.378 e. The van der Waals surface area contributed by atoms with E-state index in [0.29, 0.717) is 28.6 Å². The predicted octanol–water partition coefficient (Wildman–Crippen LogP) is 4.63. The number of halogens is 4. The Balaban J connectivity index is 1.57. The zero-order valence-corrected chi connectivity index (χ0v) is 17.0. The topological polar surface area (TPSA) is 59.4 Å². The highest BCUT2D eigenvalue weighted by molar-refractivity contribution is 6.30. The first-order valence-electron chi connectivity index (χ1n) is 9.48. The van der Waals surface area contributed by atoms with Crippen molar-refractivity contribution in [1.82, 2.24) is 9.78 Å². The number of amides is 1. The van der Waals surface area contributed by atoms with Crippen LogP contribution < -0.4 is 10.2 Å². The van der Waals surface area contributed by atoms with Crippen LogP contribution >= 0.6 is 11.6 Å². The maximum atomic E-state index is 13.8. The highest BCUT2D eigenvalue weighted by Gasteiger charge is 2.40. The van der Waals surface area contributed by atoms with Crippen LogP contribution in [0.4, 0.5) is 24.5 Å². The van der Waals surface area contributed by atoms with Crippen molar-refractivity contribution < 1.29 is 22.7 Å². The highest BCUT2D eigenvalue weighted by Crippen LogP contribution is 2.34. The van der Waals surface area contributed by atoms with E-state index in [9.17, 15) is 18.0 Å². The van der Waals surface area contributed by atoms with E-state index in [1.54, 1.807) is 12.1 Å². The standard InChI is InChI=1S/C21H18ClF3N4O2/c22-14-1-5-17(6-2-14)29-19(21(23,24)25)18(13-26-29)20(30)27-15-3-7-16(8-4-15)28-9-11-31-12-10-28/h1-8,13H,9-12H2,(H,27,30). The molecule has 3 aromatic rings. The molecule has 2 aromatic carbocycles. The molecule has 162 valence electrons. The fraction of sp³-hybridized carbons (Fsp3) is 0.238. The fourth-order valence-electron chi connectivity index (χ4n) is 3.34. The molecule has 1 N–H and O–H groups in total. The van der Waals surface area contributed by atoms with E-state index in [4.69, 9.17) is 16.3 Å². The van der Waals surface area contributed by atoms with Gasteiger partial charge in [0.05, 0.1) is 30.7 Å². The van der Waals surface area contributed by atoms with Crippen LogP contribution in [0.3, 0.4) is 0 Å². The van der Waals surface area contributed by atoms with E-state index in [1.165, 1.54) is 24.3 Å². The summed E-state index contributed by atoms with van der Waals surface area (Å²) in [5.41, 5.74) is -0.246. The Morgan fingerprint density at radius 3 is 2.23 bits per heavy atom. The van der Waals surface area contributed by atoms with Crippen LogP contribution in [0.2, 0.25) is 5.02 Å². The molecule has 0 spiro atoms. The van der Waals surface area contributed by atoms with E-state index in [-0.39, 0.29) is 5.69 Å². The molecular weight excluding hydrogens is 433 g/mol. The van der Waals surface area contributed by atoms with Gasteiger partial charge >= 0.3 is 6.18 Å². The molecule has 0 radical (unpaired) electrons. The largest absolute Gasteiger partial charge is 0.434 e. The lowest BCUT2D eigenvalue weighted by molar-refractivity contribution is -0.143. The lowest BCUT2D eigenvalue weighted by atomic mass is 10.2. The van der Waals surface area contributed by atoms with E-state index in [1.807, 2.05) is 12.1 Å². The molecule has 0 bridgehead atoms. The Kier molecular flexibility index (Phi) is 5.88. The van der Waals surface area contributed by atoms with Crippen molar-refractivity contribution in [2.24, 2.45) is 0 Å². The second-order valence-corrected chi connectivity index (χ2v) is 7.33. The van der Waals surface area contributed by atoms with Gasteiger partial charge in [-0.3, -0.25) is 4.79 Å².